The summed E-state index contributed by atoms with van der Waals surface area (Å²) in [5, 5.41) is 2.99. The van der Waals surface area contributed by atoms with Gasteiger partial charge in [0, 0.05) is 10.0 Å². The molecule has 0 fully saturated rings. The van der Waals surface area contributed by atoms with E-state index in [1.54, 1.807) is 13.3 Å². The van der Waals surface area contributed by atoms with Crippen molar-refractivity contribution in [3.63, 3.8) is 0 Å². The van der Waals surface area contributed by atoms with Gasteiger partial charge in [-0.2, -0.15) is 0 Å². The van der Waals surface area contributed by atoms with Crippen LogP contribution in [0.2, 0.25) is 0 Å². The van der Waals surface area contributed by atoms with Crippen molar-refractivity contribution in [3.05, 3.63) is 34.8 Å². The van der Waals surface area contributed by atoms with E-state index >= 15 is 0 Å². The molecule has 2 aromatic rings. The van der Waals surface area contributed by atoms with Crippen molar-refractivity contribution in [2.45, 2.75) is 6.54 Å². The van der Waals surface area contributed by atoms with Crippen LogP contribution < -0.4 is 10.1 Å². The molecule has 0 aliphatic carbocycles. The van der Waals surface area contributed by atoms with E-state index in [1.807, 2.05) is 25.2 Å². The van der Waals surface area contributed by atoms with Crippen LogP contribution in [-0.2, 0) is 6.54 Å². The van der Waals surface area contributed by atoms with Gasteiger partial charge in [-0.15, -0.1) is 0 Å². The van der Waals surface area contributed by atoms with Gasteiger partial charge in [0.2, 0.25) is 5.89 Å². The molecule has 0 aliphatic rings. The van der Waals surface area contributed by atoms with Crippen LogP contribution in [0.5, 0.6) is 5.75 Å². The smallest absolute Gasteiger partial charge is 0.208 e. The van der Waals surface area contributed by atoms with Crippen molar-refractivity contribution in [2.24, 2.45) is 0 Å². The number of hydrogen-bond acceptors (Lipinski definition) is 4. The van der Waals surface area contributed by atoms with Crippen LogP contribution in [0.1, 0.15) is 5.89 Å². The average molecular weight is 297 g/mol. The Morgan fingerprint density at radius 1 is 1.47 bits per heavy atom. The molecule has 2 rings (SSSR count). The highest BCUT2D eigenvalue weighted by Gasteiger charge is 2.10. The molecule has 4 nitrogen and oxygen atoms in total. The minimum atomic E-state index is 0.613. The van der Waals surface area contributed by atoms with Gasteiger partial charge in [-0.3, -0.25) is 0 Å². The summed E-state index contributed by atoms with van der Waals surface area (Å²) >= 11 is 3.49. The summed E-state index contributed by atoms with van der Waals surface area (Å²) in [5.74, 6) is 2.17. The molecule has 1 N–H and O–H groups in total. The number of aromatic nitrogens is 1. The maximum absolute atomic E-state index is 5.63. The van der Waals surface area contributed by atoms with E-state index in [0.717, 1.165) is 21.5 Å². The summed E-state index contributed by atoms with van der Waals surface area (Å²) in [5.41, 5.74) is 0.930. The molecule has 1 aromatic carbocycles. The summed E-state index contributed by atoms with van der Waals surface area (Å²) < 4.78 is 11.8. The van der Waals surface area contributed by atoms with Crippen LogP contribution in [0.4, 0.5) is 0 Å². The number of oxazole rings is 1. The third-order valence-electron chi connectivity index (χ3n) is 2.32. The molecule has 0 radical (unpaired) electrons. The van der Waals surface area contributed by atoms with Crippen LogP contribution in [0.25, 0.3) is 11.3 Å². The zero-order valence-corrected chi connectivity index (χ0v) is 11.2. The van der Waals surface area contributed by atoms with Gasteiger partial charge < -0.3 is 14.5 Å². The van der Waals surface area contributed by atoms with Crippen molar-refractivity contribution < 1.29 is 9.15 Å². The zero-order chi connectivity index (χ0) is 12.3. The second kappa shape index (κ2) is 5.33. The second-order valence-corrected chi connectivity index (χ2v) is 4.35. The summed E-state index contributed by atoms with van der Waals surface area (Å²) in [6, 6.07) is 5.72. The van der Waals surface area contributed by atoms with Crippen LogP contribution in [0.3, 0.4) is 0 Å². The molecule has 1 aromatic heterocycles. The highest BCUT2D eigenvalue weighted by molar-refractivity contribution is 9.10. The lowest BCUT2D eigenvalue weighted by molar-refractivity contribution is 0.414. The zero-order valence-electron chi connectivity index (χ0n) is 9.66. The largest absolute Gasteiger partial charge is 0.497 e. The fourth-order valence-electron chi connectivity index (χ4n) is 1.49. The molecule has 0 atom stereocenters. The van der Waals surface area contributed by atoms with Crippen molar-refractivity contribution in [3.8, 4) is 17.1 Å². The normalized spacial score (nSPS) is 10.5. The topological polar surface area (TPSA) is 47.3 Å². The molecule has 0 aliphatic heterocycles. The van der Waals surface area contributed by atoms with Gasteiger partial charge in [-0.1, -0.05) is 15.9 Å². The van der Waals surface area contributed by atoms with Gasteiger partial charge >= 0.3 is 0 Å². The van der Waals surface area contributed by atoms with E-state index in [-0.39, 0.29) is 0 Å². The maximum atomic E-state index is 5.63. The third kappa shape index (κ3) is 2.68. The molecular weight excluding hydrogens is 284 g/mol. The molecule has 0 amide bonds. The summed E-state index contributed by atoms with van der Waals surface area (Å²) in [6.45, 7) is 0.613. The van der Waals surface area contributed by atoms with Crippen LogP contribution >= 0.6 is 15.9 Å². The van der Waals surface area contributed by atoms with Gasteiger partial charge in [-0.25, -0.2) is 4.98 Å². The third-order valence-corrected chi connectivity index (χ3v) is 3.01. The monoisotopic (exact) mass is 296 g/mol. The fraction of sp³-hybridized carbons (Fsp3) is 0.250. The molecule has 17 heavy (non-hydrogen) atoms. The van der Waals surface area contributed by atoms with Crippen molar-refractivity contribution >= 4 is 15.9 Å². The van der Waals surface area contributed by atoms with E-state index in [0.29, 0.717) is 12.4 Å². The molecule has 0 saturated heterocycles. The molecule has 0 saturated carbocycles. The average Bonchev–Trinajstić information content (AvgIpc) is 2.79. The predicted octanol–water partition coefficient (Wildman–Crippen LogP) is 2.83. The second-order valence-electron chi connectivity index (χ2n) is 3.49. The van der Waals surface area contributed by atoms with E-state index in [1.165, 1.54) is 0 Å². The minimum Gasteiger partial charge on any atom is -0.497 e. The first-order valence-corrected chi connectivity index (χ1v) is 5.97. The summed E-state index contributed by atoms with van der Waals surface area (Å²) in [4.78, 5) is 4.19. The highest BCUT2D eigenvalue weighted by Crippen LogP contribution is 2.32. The lowest BCUT2D eigenvalue weighted by atomic mass is 10.2. The Bertz CT molecular complexity index is 511. The van der Waals surface area contributed by atoms with E-state index in [4.69, 9.17) is 9.15 Å². The van der Waals surface area contributed by atoms with Crippen molar-refractivity contribution in [2.75, 3.05) is 14.2 Å². The lowest BCUT2D eigenvalue weighted by Gasteiger charge is -2.04. The number of methoxy groups -OCH3 is 1. The van der Waals surface area contributed by atoms with Crippen LogP contribution in [0, 0.1) is 0 Å². The molecular formula is C12H13BrN2O2. The van der Waals surface area contributed by atoms with Crippen molar-refractivity contribution in [1.82, 2.24) is 10.3 Å². The first-order chi connectivity index (χ1) is 8.24. The van der Waals surface area contributed by atoms with Gasteiger partial charge in [0.15, 0.2) is 5.76 Å². The summed E-state index contributed by atoms with van der Waals surface area (Å²) in [6.07, 6.45) is 1.71. The number of ether oxygens (including phenoxy) is 1. The molecule has 1 heterocycles. The number of benzene rings is 1. The lowest BCUT2D eigenvalue weighted by Crippen LogP contribution is -2.04. The van der Waals surface area contributed by atoms with Gasteiger partial charge in [0.25, 0.3) is 0 Å². The van der Waals surface area contributed by atoms with E-state index in [2.05, 4.69) is 26.2 Å². The minimum absolute atomic E-state index is 0.613. The predicted molar refractivity (Wildman–Crippen MR) is 69.0 cm³/mol. The van der Waals surface area contributed by atoms with E-state index in [9.17, 15) is 0 Å². The maximum Gasteiger partial charge on any atom is 0.208 e. The molecule has 5 heteroatoms. The SMILES string of the molecule is CNCc1ncc(-c2cc(OC)ccc2Br)o1. The van der Waals surface area contributed by atoms with E-state index < -0.39 is 0 Å². The summed E-state index contributed by atoms with van der Waals surface area (Å²) in [7, 11) is 3.49. The van der Waals surface area contributed by atoms with Gasteiger partial charge in [0.05, 0.1) is 19.9 Å². The number of halogens is 1. The van der Waals surface area contributed by atoms with Crippen LogP contribution in [-0.4, -0.2) is 19.1 Å². The standard InChI is InChI=1S/C12H13BrN2O2/c1-14-7-12-15-6-11(17-12)9-5-8(16-2)3-4-10(9)13/h3-6,14H,7H2,1-2H3. The number of rotatable bonds is 4. The van der Waals surface area contributed by atoms with Crippen molar-refractivity contribution in [1.29, 1.82) is 0 Å². The molecule has 0 unspecified atom stereocenters. The molecule has 90 valence electrons. The first kappa shape index (κ1) is 12.1. The Kier molecular flexibility index (Phi) is 3.81. The Morgan fingerprint density at radius 3 is 3.00 bits per heavy atom. The number of hydrogen-bond donors (Lipinski definition) is 1. The number of nitrogens with one attached hydrogen (secondary N) is 1. The Labute approximate surface area is 108 Å². The first-order valence-electron chi connectivity index (χ1n) is 5.18. The molecule has 0 spiro atoms. The van der Waals surface area contributed by atoms with Gasteiger partial charge in [0.1, 0.15) is 5.75 Å². The van der Waals surface area contributed by atoms with Gasteiger partial charge in [-0.05, 0) is 25.2 Å². The quantitative estimate of drug-likeness (QED) is 0.942. The Balaban J connectivity index is 2.37. The highest BCUT2D eigenvalue weighted by atomic mass is 79.9. The van der Waals surface area contributed by atoms with Crippen LogP contribution in [0.15, 0.2) is 33.3 Å². The Hall–Kier alpha value is -1.33. The Morgan fingerprint density at radius 2 is 2.29 bits per heavy atom. The fourth-order valence-corrected chi connectivity index (χ4v) is 1.93. The molecule has 0 bridgehead atoms. The number of nitrogens with zero attached hydrogens (tertiary/aromatic N) is 1.